The predicted molar refractivity (Wildman–Crippen MR) is 123 cm³/mol. The molecule has 32 heavy (non-hydrogen) atoms. The molecule has 2 saturated heterocycles. The van der Waals surface area contributed by atoms with Gasteiger partial charge in [-0.15, -0.1) is 11.8 Å². The van der Waals surface area contributed by atoms with Crippen LogP contribution in [0.2, 0.25) is 0 Å². The van der Waals surface area contributed by atoms with Crippen LogP contribution >= 0.6 is 11.8 Å². The fourth-order valence-corrected chi connectivity index (χ4v) is 6.37. The summed E-state index contributed by atoms with van der Waals surface area (Å²) in [6.45, 7) is 5.75. The lowest BCUT2D eigenvalue weighted by molar-refractivity contribution is 0.0688. The second kappa shape index (κ2) is 9.92. The molecule has 2 fully saturated rings. The van der Waals surface area contributed by atoms with Crippen molar-refractivity contribution in [3.63, 3.8) is 0 Å². The van der Waals surface area contributed by atoms with Gasteiger partial charge in [-0.2, -0.15) is 17.0 Å². The first-order valence-electron chi connectivity index (χ1n) is 10.7. The SMILES string of the molecule is Cc1cc(CSc2ccccc2C(=O)N2CCN(S(=O)(=O)N3CCN(C)CC3)CC2)on1. The summed E-state index contributed by atoms with van der Waals surface area (Å²) in [4.78, 5) is 18.0. The van der Waals surface area contributed by atoms with Crippen molar-refractivity contribution in [2.75, 3.05) is 59.4 Å². The summed E-state index contributed by atoms with van der Waals surface area (Å²) in [6.07, 6.45) is 0. The van der Waals surface area contributed by atoms with Crippen LogP contribution in [0, 0.1) is 6.92 Å². The van der Waals surface area contributed by atoms with Crippen molar-refractivity contribution in [1.29, 1.82) is 0 Å². The van der Waals surface area contributed by atoms with Crippen molar-refractivity contribution in [3.05, 3.63) is 47.3 Å². The van der Waals surface area contributed by atoms with Crippen LogP contribution in [-0.4, -0.2) is 97.3 Å². The largest absolute Gasteiger partial charge is 0.360 e. The first kappa shape index (κ1) is 23.2. The summed E-state index contributed by atoms with van der Waals surface area (Å²) in [5, 5.41) is 3.90. The number of rotatable bonds is 6. The van der Waals surface area contributed by atoms with Gasteiger partial charge in [0.15, 0.2) is 0 Å². The van der Waals surface area contributed by atoms with E-state index in [0.717, 1.165) is 29.4 Å². The van der Waals surface area contributed by atoms with Crippen molar-refractivity contribution in [3.8, 4) is 0 Å². The van der Waals surface area contributed by atoms with Gasteiger partial charge in [0.2, 0.25) is 0 Å². The van der Waals surface area contributed by atoms with Crippen molar-refractivity contribution in [2.45, 2.75) is 17.6 Å². The first-order chi connectivity index (χ1) is 15.3. The Labute approximate surface area is 193 Å². The minimum Gasteiger partial charge on any atom is -0.360 e. The van der Waals surface area contributed by atoms with Crippen molar-refractivity contribution < 1.29 is 17.7 Å². The molecule has 0 saturated carbocycles. The molecular formula is C21H29N5O4S2. The maximum absolute atomic E-state index is 13.2. The molecule has 2 aliphatic rings. The molecule has 0 spiro atoms. The first-order valence-corrected chi connectivity index (χ1v) is 13.1. The molecule has 0 bridgehead atoms. The fraction of sp³-hybridized carbons (Fsp3) is 0.524. The Balaban J connectivity index is 1.37. The minimum atomic E-state index is -3.49. The summed E-state index contributed by atoms with van der Waals surface area (Å²) < 4.78 is 34.3. The van der Waals surface area contributed by atoms with Crippen LogP contribution in [-0.2, 0) is 16.0 Å². The van der Waals surface area contributed by atoms with Gasteiger partial charge in [0.1, 0.15) is 5.76 Å². The Morgan fingerprint density at radius 1 is 1.03 bits per heavy atom. The maximum Gasteiger partial charge on any atom is 0.282 e. The Morgan fingerprint density at radius 3 is 2.28 bits per heavy atom. The number of nitrogens with zero attached hydrogens (tertiary/aromatic N) is 5. The number of carbonyl (C=O) groups is 1. The number of benzene rings is 1. The van der Waals surface area contributed by atoms with E-state index in [0.29, 0.717) is 50.6 Å². The van der Waals surface area contributed by atoms with Crippen molar-refractivity contribution in [2.24, 2.45) is 0 Å². The van der Waals surface area contributed by atoms with E-state index in [9.17, 15) is 13.2 Å². The summed E-state index contributed by atoms with van der Waals surface area (Å²) >= 11 is 1.53. The molecule has 1 amide bonds. The zero-order valence-corrected chi connectivity index (χ0v) is 20.1. The molecule has 4 rings (SSSR count). The number of aromatic nitrogens is 1. The fourth-order valence-electron chi connectivity index (χ4n) is 3.88. The molecular weight excluding hydrogens is 450 g/mol. The Hall–Kier alpha value is -1.92. The minimum absolute atomic E-state index is 0.0708. The highest BCUT2D eigenvalue weighted by molar-refractivity contribution is 7.98. The van der Waals surface area contributed by atoms with Gasteiger partial charge >= 0.3 is 0 Å². The molecule has 1 aromatic carbocycles. The maximum atomic E-state index is 13.2. The van der Waals surface area contributed by atoms with E-state index in [1.54, 1.807) is 9.21 Å². The van der Waals surface area contributed by atoms with Gasteiger partial charge in [-0.1, -0.05) is 17.3 Å². The van der Waals surface area contributed by atoms with Gasteiger partial charge < -0.3 is 14.3 Å². The van der Waals surface area contributed by atoms with Crippen LogP contribution in [0.1, 0.15) is 21.8 Å². The van der Waals surface area contributed by atoms with E-state index in [-0.39, 0.29) is 5.91 Å². The molecule has 0 radical (unpaired) electrons. The second-order valence-corrected chi connectivity index (χ2v) is 11.1. The summed E-state index contributed by atoms with van der Waals surface area (Å²) in [5.41, 5.74) is 1.46. The van der Waals surface area contributed by atoms with E-state index < -0.39 is 10.2 Å². The van der Waals surface area contributed by atoms with Gasteiger partial charge in [-0.05, 0) is 26.1 Å². The zero-order chi connectivity index (χ0) is 22.7. The smallest absolute Gasteiger partial charge is 0.282 e. The third-order valence-corrected chi connectivity index (χ3v) is 8.94. The standard InChI is InChI=1S/C21H29N5O4S2/c1-17-15-18(30-22-17)16-31-20-6-4-3-5-19(20)21(27)24-9-13-26(14-10-24)32(28,29)25-11-7-23(2)8-12-25/h3-6,15H,7-14,16H2,1-2H3. The van der Waals surface area contributed by atoms with Gasteiger partial charge in [-0.3, -0.25) is 4.79 Å². The monoisotopic (exact) mass is 479 g/mol. The number of thioether (sulfide) groups is 1. The molecule has 2 aliphatic heterocycles. The lowest BCUT2D eigenvalue weighted by Gasteiger charge is -2.39. The third kappa shape index (κ3) is 5.18. The molecule has 2 aromatic rings. The third-order valence-electron chi connectivity index (χ3n) is 5.80. The van der Waals surface area contributed by atoms with Crippen LogP contribution in [0.4, 0.5) is 0 Å². The number of piperazine rings is 2. The average Bonchev–Trinajstić information content (AvgIpc) is 3.23. The summed E-state index contributed by atoms with van der Waals surface area (Å²) in [6, 6.07) is 9.39. The topological polar surface area (TPSA) is 90.2 Å². The Morgan fingerprint density at radius 2 is 1.66 bits per heavy atom. The predicted octanol–water partition coefficient (Wildman–Crippen LogP) is 1.53. The van der Waals surface area contributed by atoms with Crippen molar-refractivity contribution in [1.82, 2.24) is 23.6 Å². The van der Waals surface area contributed by atoms with Gasteiger partial charge in [0.05, 0.1) is 17.0 Å². The highest BCUT2D eigenvalue weighted by Gasteiger charge is 2.35. The molecule has 11 heteroatoms. The van der Waals surface area contributed by atoms with Crippen LogP contribution in [0.5, 0.6) is 0 Å². The molecule has 174 valence electrons. The molecule has 3 heterocycles. The number of hydrogen-bond acceptors (Lipinski definition) is 7. The van der Waals surface area contributed by atoms with E-state index in [2.05, 4.69) is 10.1 Å². The highest BCUT2D eigenvalue weighted by atomic mass is 32.2. The summed E-state index contributed by atoms with van der Waals surface area (Å²) in [5.74, 6) is 1.28. The van der Waals surface area contributed by atoms with Gasteiger partial charge in [0, 0.05) is 63.3 Å². The second-order valence-electron chi connectivity index (χ2n) is 8.12. The lowest BCUT2D eigenvalue weighted by Crippen LogP contribution is -2.57. The highest BCUT2D eigenvalue weighted by Crippen LogP contribution is 2.28. The molecule has 0 aliphatic carbocycles. The normalized spacial score (nSPS) is 19.4. The van der Waals surface area contributed by atoms with E-state index in [1.165, 1.54) is 16.1 Å². The van der Waals surface area contributed by atoms with E-state index in [4.69, 9.17) is 4.52 Å². The van der Waals surface area contributed by atoms with Crippen LogP contribution < -0.4 is 0 Å². The van der Waals surface area contributed by atoms with Crippen molar-refractivity contribution >= 4 is 27.9 Å². The quantitative estimate of drug-likeness (QED) is 0.581. The number of aryl methyl sites for hydroxylation is 1. The summed E-state index contributed by atoms with van der Waals surface area (Å²) in [7, 11) is -1.49. The average molecular weight is 480 g/mol. The zero-order valence-electron chi connectivity index (χ0n) is 18.4. The Bertz CT molecular complexity index is 1040. The Kier molecular flexibility index (Phi) is 7.21. The van der Waals surface area contributed by atoms with E-state index >= 15 is 0 Å². The molecule has 0 N–H and O–H groups in total. The number of likely N-dealkylation sites (N-methyl/N-ethyl adjacent to an activating group) is 1. The van der Waals surface area contributed by atoms with Crippen LogP contribution in [0.15, 0.2) is 39.8 Å². The molecule has 9 nitrogen and oxygen atoms in total. The van der Waals surface area contributed by atoms with Crippen LogP contribution in [0.25, 0.3) is 0 Å². The molecule has 0 atom stereocenters. The van der Waals surface area contributed by atoms with Gasteiger partial charge in [0.25, 0.3) is 16.1 Å². The molecule has 0 unspecified atom stereocenters. The number of carbonyl (C=O) groups excluding carboxylic acids is 1. The van der Waals surface area contributed by atoms with E-state index in [1.807, 2.05) is 44.3 Å². The van der Waals surface area contributed by atoms with Crippen LogP contribution in [0.3, 0.4) is 0 Å². The van der Waals surface area contributed by atoms with Gasteiger partial charge in [-0.25, -0.2) is 0 Å². The number of hydrogen-bond donors (Lipinski definition) is 0. The number of amides is 1. The molecule has 1 aromatic heterocycles. The lowest BCUT2D eigenvalue weighted by atomic mass is 10.2.